The molecule has 21 heavy (non-hydrogen) atoms. The van der Waals surface area contributed by atoms with Crippen LogP contribution in [-0.2, 0) is 13.8 Å². The number of rotatable bonds is 7. The molecule has 1 aromatic rings. The Kier molecular flexibility index (Phi) is 6.57. The van der Waals surface area contributed by atoms with Crippen LogP contribution >= 0.6 is 10.7 Å². The lowest BCUT2D eigenvalue weighted by atomic mass is 10.2. The van der Waals surface area contributed by atoms with Crippen molar-refractivity contribution >= 4 is 25.6 Å². The Labute approximate surface area is 128 Å². The monoisotopic (exact) mass is 337 g/mol. The highest BCUT2D eigenvalue weighted by atomic mass is 35.7. The third-order valence-corrected chi connectivity index (χ3v) is 4.19. The smallest absolute Gasteiger partial charge is 0.262 e. The lowest BCUT2D eigenvalue weighted by Crippen LogP contribution is -2.34. The van der Waals surface area contributed by atoms with Crippen LogP contribution in [-0.4, -0.2) is 45.5 Å². The van der Waals surface area contributed by atoms with Gasteiger partial charge < -0.3 is 9.64 Å². The van der Waals surface area contributed by atoms with Crippen LogP contribution in [0.3, 0.4) is 0 Å². The highest BCUT2D eigenvalue weighted by Crippen LogP contribution is 2.22. The van der Waals surface area contributed by atoms with Crippen molar-refractivity contribution in [1.82, 2.24) is 4.90 Å². The van der Waals surface area contributed by atoms with Gasteiger partial charge in [-0.3, -0.25) is 4.79 Å². The number of benzene rings is 1. The van der Waals surface area contributed by atoms with Gasteiger partial charge in [0.1, 0.15) is 5.82 Å². The molecule has 8 heteroatoms. The van der Waals surface area contributed by atoms with Crippen LogP contribution in [0.1, 0.15) is 24.2 Å². The van der Waals surface area contributed by atoms with Crippen LogP contribution in [0.2, 0.25) is 0 Å². The van der Waals surface area contributed by atoms with Crippen molar-refractivity contribution in [3.63, 3.8) is 0 Å². The third-order valence-electron chi connectivity index (χ3n) is 2.81. The second kappa shape index (κ2) is 7.72. The fourth-order valence-corrected chi connectivity index (χ4v) is 2.82. The average molecular weight is 338 g/mol. The largest absolute Gasteiger partial charge is 0.380 e. The second-order valence-electron chi connectivity index (χ2n) is 4.16. The van der Waals surface area contributed by atoms with Gasteiger partial charge in [-0.15, -0.1) is 0 Å². The number of likely N-dealkylation sites (N-methyl/N-ethyl adjacent to an activating group) is 1. The summed E-state index contributed by atoms with van der Waals surface area (Å²) < 4.78 is 41.5. The molecule has 0 heterocycles. The van der Waals surface area contributed by atoms with Crippen molar-refractivity contribution in [3.8, 4) is 0 Å². The van der Waals surface area contributed by atoms with E-state index in [9.17, 15) is 17.6 Å². The summed E-state index contributed by atoms with van der Waals surface area (Å²) in [4.78, 5) is 13.3. The SMILES string of the molecule is CCOCCN(CC)C(=O)c1cc(F)ccc1S(=O)(=O)Cl. The molecule has 1 rings (SSSR count). The lowest BCUT2D eigenvalue weighted by Gasteiger charge is -2.21. The van der Waals surface area contributed by atoms with Gasteiger partial charge in [0, 0.05) is 30.4 Å². The van der Waals surface area contributed by atoms with E-state index in [2.05, 4.69) is 0 Å². The fourth-order valence-electron chi connectivity index (χ4n) is 1.77. The summed E-state index contributed by atoms with van der Waals surface area (Å²) in [6.45, 7) is 4.99. The molecule has 0 aliphatic rings. The minimum absolute atomic E-state index is 0.275. The minimum atomic E-state index is -4.14. The zero-order chi connectivity index (χ0) is 16.0. The first-order valence-electron chi connectivity index (χ1n) is 6.42. The van der Waals surface area contributed by atoms with Gasteiger partial charge >= 0.3 is 0 Å². The standard InChI is InChI=1S/C13H17ClFNO4S/c1-3-16(7-8-20-4-2)13(17)11-9-10(15)5-6-12(11)21(14,18)19/h5-6,9H,3-4,7-8H2,1-2H3. The number of ether oxygens (including phenoxy) is 1. The van der Waals surface area contributed by atoms with Crippen LogP contribution in [0, 0.1) is 5.82 Å². The van der Waals surface area contributed by atoms with Gasteiger partial charge in [0.2, 0.25) is 0 Å². The molecule has 0 N–H and O–H groups in total. The van der Waals surface area contributed by atoms with Crippen molar-refractivity contribution < 1.29 is 22.3 Å². The van der Waals surface area contributed by atoms with E-state index < -0.39 is 25.7 Å². The average Bonchev–Trinajstić information content (AvgIpc) is 2.41. The van der Waals surface area contributed by atoms with E-state index in [0.717, 1.165) is 18.2 Å². The van der Waals surface area contributed by atoms with E-state index in [1.807, 2.05) is 6.92 Å². The molecule has 0 radical (unpaired) electrons. The van der Waals surface area contributed by atoms with Gasteiger partial charge in [-0.2, -0.15) is 0 Å². The molecule has 0 saturated carbocycles. The van der Waals surface area contributed by atoms with Crippen molar-refractivity contribution in [2.24, 2.45) is 0 Å². The zero-order valence-electron chi connectivity index (χ0n) is 11.8. The highest BCUT2D eigenvalue weighted by Gasteiger charge is 2.24. The predicted molar refractivity (Wildman–Crippen MR) is 77.5 cm³/mol. The highest BCUT2D eigenvalue weighted by molar-refractivity contribution is 8.13. The van der Waals surface area contributed by atoms with Crippen molar-refractivity contribution in [3.05, 3.63) is 29.6 Å². The number of nitrogens with zero attached hydrogens (tertiary/aromatic N) is 1. The third kappa shape index (κ3) is 4.94. The summed E-state index contributed by atoms with van der Waals surface area (Å²) in [6, 6.07) is 2.81. The summed E-state index contributed by atoms with van der Waals surface area (Å²) in [6.07, 6.45) is 0. The molecular formula is C13H17ClFNO4S. The van der Waals surface area contributed by atoms with Crippen molar-refractivity contribution in [2.75, 3.05) is 26.3 Å². The Bertz CT molecular complexity index is 606. The summed E-state index contributed by atoms with van der Waals surface area (Å²) in [5.41, 5.74) is -0.275. The summed E-state index contributed by atoms with van der Waals surface area (Å²) in [5.74, 6) is -1.31. The van der Waals surface area contributed by atoms with Gasteiger partial charge in [0.05, 0.1) is 17.1 Å². The summed E-state index contributed by atoms with van der Waals surface area (Å²) in [5, 5.41) is 0. The van der Waals surface area contributed by atoms with E-state index in [1.165, 1.54) is 4.90 Å². The molecule has 1 amide bonds. The molecule has 0 aliphatic heterocycles. The number of hydrogen-bond acceptors (Lipinski definition) is 4. The molecule has 0 aliphatic carbocycles. The van der Waals surface area contributed by atoms with Gasteiger partial charge in [-0.1, -0.05) is 0 Å². The molecule has 0 unspecified atom stereocenters. The Morgan fingerprint density at radius 3 is 2.57 bits per heavy atom. The molecule has 0 spiro atoms. The van der Waals surface area contributed by atoms with Gasteiger partial charge in [0.25, 0.3) is 15.0 Å². The van der Waals surface area contributed by atoms with Crippen LogP contribution in [0.15, 0.2) is 23.1 Å². The van der Waals surface area contributed by atoms with Crippen LogP contribution < -0.4 is 0 Å². The number of amides is 1. The molecule has 1 aromatic carbocycles. The molecule has 0 atom stereocenters. The number of halogens is 2. The van der Waals surface area contributed by atoms with Crippen molar-refractivity contribution in [1.29, 1.82) is 0 Å². The summed E-state index contributed by atoms with van der Waals surface area (Å²) in [7, 11) is 1.15. The van der Waals surface area contributed by atoms with E-state index in [-0.39, 0.29) is 12.1 Å². The zero-order valence-corrected chi connectivity index (χ0v) is 13.4. The number of hydrogen-bond donors (Lipinski definition) is 0. The summed E-state index contributed by atoms with van der Waals surface area (Å²) >= 11 is 0. The Balaban J connectivity index is 3.12. The lowest BCUT2D eigenvalue weighted by molar-refractivity contribution is 0.0665. The molecule has 0 fully saturated rings. The fraction of sp³-hybridized carbons (Fsp3) is 0.462. The molecule has 0 bridgehead atoms. The molecule has 0 aromatic heterocycles. The second-order valence-corrected chi connectivity index (χ2v) is 6.69. The molecular weight excluding hydrogens is 321 g/mol. The quantitative estimate of drug-likeness (QED) is 0.565. The minimum Gasteiger partial charge on any atom is -0.380 e. The first kappa shape index (κ1) is 17.9. The first-order chi connectivity index (χ1) is 9.81. The Hall–Kier alpha value is -1.18. The maximum Gasteiger partial charge on any atom is 0.262 e. The van der Waals surface area contributed by atoms with Crippen molar-refractivity contribution in [2.45, 2.75) is 18.7 Å². The molecule has 5 nitrogen and oxygen atoms in total. The van der Waals surface area contributed by atoms with Crippen LogP contribution in [0.5, 0.6) is 0 Å². The van der Waals surface area contributed by atoms with Crippen LogP contribution in [0.25, 0.3) is 0 Å². The van der Waals surface area contributed by atoms with Crippen LogP contribution in [0.4, 0.5) is 4.39 Å². The number of carbonyl (C=O) groups is 1. The van der Waals surface area contributed by atoms with E-state index in [1.54, 1.807) is 6.92 Å². The molecule has 118 valence electrons. The van der Waals surface area contributed by atoms with E-state index in [4.69, 9.17) is 15.4 Å². The number of carbonyl (C=O) groups excluding carboxylic acids is 1. The van der Waals surface area contributed by atoms with E-state index in [0.29, 0.717) is 19.8 Å². The van der Waals surface area contributed by atoms with Gasteiger partial charge in [-0.25, -0.2) is 12.8 Å². The Morgan fingerprint density at radius 1 is 1.38 bits per heavy atom. The van der Waals surface area contributed by atoms with E-state index >= 15 is 0 Å². The maximum atomic E-state index is 13.3. The normalized spacial score (nSPS) is 11.4. The Morgan fingerprint density at radius 2 is 2.05 bits per heavy atom. The van der Waals surface area contributed by atoms with Gasteiger partial charge in [-0.05, 0) is 32.0 Å². The first-order valence-corrected chi connectivity index (χ1v) is 8.73. The van der Waals surface area contributed by atoms with Gasteiger partial charge in [0.15, 0.2) is 0 Å². The predicted octanol–water partition coefficient (Wildman–Crippen LogP) is 2.25. The molecule has 0 saturated heterocycles. The topological polar surface area (TPSA) is 63.7 Å². The maximum absolute atomic E-state index is 13.3.